The van der Waals surface area contributed by atoms with Crippen molar-refractivity contribution in [3.8, 4) is 0 Å². The summed E-state index contributed by atoms with van der Waals surface area (Å²) in [4.78, 5) is 31.1. The molecule has 0 aliphatic carbocycles. The van der Waals surface area contributed by atoms with Crippen molar-refractivity contribution in [3.63, 3.8) is 0 Å². The van der Waals surface area contributed by atoms with E-state index in [1.165, 1.54) is 11.0 Å². The fourth-order valence-electron chi connectivity index (χ4n) is 3.95. The summed E-state index contributed by atoms with van der Waals surface area (Å²) in [5.74, 6) is -1.20. The Labute approximate surface area is 193 Å². The molecule has 11 heteroatoms. The molecule has 0 fully saturated rings. The van der Waals surface area contributed by atoms with Crippen molar-refractivity contribution in [2.24, 2.45) is 5.73 Å². The quantitative estimate of drug-likeness (QED) is 0.584. The maximum absolute atomic E-state index is 13.5. The summed E-state index contributed by atoms with van der Waals surface area (Å²) in [6.45, 7) is 7.01. The van der Waals surface area contributed by atoms with Gasteiger partial charge in [-0.05, 0) is 57.4 Å². The van der Waals surface area contributed by atoms with Gasteiger partial charge in [0.1, 0.15) is 15.5 Å². The highest BCUT2D eigenvalue weighted by atomic mass is 32.1. The monoisotopic (exact) mass is 485 g/mol. The lowest BCUT2D eigenvalue weighted by atomic mass is 9.80. The lowest BCUT2D eigenvalue weighted by Gasteiger charge is -2.46. The van der Waals surface area contributed by atoms with Crippen molar-refractivity contribution in [1.82, 2.24) is 4.98 Å². The number of amides is 1. The molecule has 0 bridgehead atoms. The van der Waals surface area contributed by atoms with Gasteiger partial charge in [0.25, 0.3) is 0 Å². The number of hydrogen-bond acceptors (Lipinski definition) is 7. The number of rotatable bonds is 5. The molecule has 1 aromatic carbocycles. The number of halogens is 3. The van der Waals surface area contributed by atoms with E-state index in [-0.39, 0.29) is 35.8 Å². The van der Waals surface area contributed by atoms with Crippen LogP contribution >= 0.6 is 11.3 Å². The molecule has 1 amide bonds. The van der Waals surface area contributed by atoms with Crippen molar-refractivity contribution in [1.29, 1.82) is 0 Å². The third-order valence-corrected chi connectivity index (χ3v) is 6.86. The number of nitrogens with two attached hydrogens (primary N) is 1. The Bertz CT molecular complexity index is 1060. The lowest BCUT2D eigenvalue weighted by molar-refractivity contribution is -0.137. The Balaban J connectivity index is 2.21. The van der Waals surface area contributed by atoms with Gasteiger partial charge in [-0.1, -0.05) is 6.92 Å². The van der Waals surface area contributed by atoms with E-state index in [0.29, 0.717) is 17.1 Å². The van der Waals surface area contributed by atoms with E-state index in [9.17, 15) is 22.8 Å². The van der Waals surface area contributed by atoms with Crippen molar-refractivity contribution in [2.75, 3.05) is 18.1 Å². The molecule has 0 saturated carbocycles. The summed E-state index contributed by atoms with van der Waals surface area (Å²) in [7, 11) is 0. The van der Waals surface area contributed by atoms with Crippen molar-refractivity contribution >= 4 is 29.1 Å². The number of carbonyl (C=O) groups excluding carboxylic acids is 2. The molecule has 2 atom stereocenters. The highest BCUT2D eigenvalue weighted by molar-refractivity contribution is 7.13. The molecule has 3 rings (SSSR count). The summed E-state index contributed by atoms with van der Waals surface area (Å²) < 4.78 is 50.8. The van der Waals surface area contributed by atoms with E-state index in [1.807, 2.05) is 0 Å². The summed E-state index contributed by atoms with van der Waals surface area (Å²) in [6, 6.07) is 3.17. The van der Waals surface area contributed by atoms with Crippen LogP contribution in [-0.4, -0.2) is 35.9 Å². The van der Waals surface area contributed by atoms with Crippen LogP contribution in [0, 0.1) is 6.92 Å². The van der Waals surface area contributed by atoms with Crippen LogP contribution in [0.3, 0.4) is 0 Å². The summed E-state index contributed by atoms with van der Waals surface area (Å²) in [5, 5.41) is 0.433. The fraction of sp³-hybridized carbons (Fsp3) is 0.500. The molecule has 1 aliphatic rings. The first kappa shape index (κ1) is 25.0. The van der Waals surface area contributed by atoms with E-state index in [4.69, 9.17) is 15.2 Å². The minimum absolute atomic E-state index is 0.0864. The van der Waals surface area contributed by atoms with Crippen LogP contribution in [0.4, 0.5) is 23.7 Å². The molecule has 0 radical (unpaired) electrons. The number of hydrogen-bond donors (Lipinski definition) is 1. The average Bonchev–Trinajstić information content (AvgIpc) is 3.14. The topological polar surface area (TPSA) is 94.8 Å². The first-order valence-corrected chi connectivity index (χ1v) is 11.4. The third kappa shape index (κ3) is 4.70. The highest BCUT2D eigenvalue weighted by Gasteiger charge is 2.47. The summed E-state index contributed by atoms with van der Waals surface area (Å²) in [5.41, 5.74) is 5.46. The molecule has 7 nitrogen and oxygen atoms in total. The predicted octanol–water partition coefficient (Wildman–Crippen LogP) is 5.21. The van der Waals surface area contributed by atoms with E-state index in [1.54, 1.807) is 27.7 Å². The number of aryl methyl sites for hydroxylation is 1. The van der Waals surface area contributed by atoms with Crippen LogP contribution < -0.4 is 10.6 Å². The van der Waals surface area contributed by atoms with Gasteiger partial charge in [0.15, 0.2) is 0 Å². The maximum atomic E-state index is 13.5. The van der Waals surface area contributed by atoms with Gasteiger partial charge in [0.2, 0.25) is 0 Å². The molecule has 0 spiro atoms. The number of alkyl halides is 3. The molecule has 33 heavy (non-hydrogen) atoms. The zero-order valence-corrected chi connectivity index (χ0v) is 19.6. The largest absolute Gasteiger partial charge is 0.462 e. The fourth-order valence-corrected chi connectivity index (χ4v) is 5.03. The Morgan fingerprint density at radius 3 is 2.48 bits per heavy atom. The van der Waals surface area contributed by atoms with Gasteiger partial charge in [0, 0.05) is 5.92 Å². The number of anilines is 1. The number of nitrogens with zero attached hydrogens (tertiary/aromatic N) is 2. The normalized spacial score (nSPS) is 20.4. The maximum Gasteiger partial charge on any atom is 0.416 e. The van der Waals surface area contributed by atoms with Gasteiger partial charge in [0.05, 0.1) is 30.2 Å². The second-order valence-electron chi connectivity index (χ2n) is 7.71. The van der Waals surface area contributed by atoms with Crippen LogP contribution in [0.15, 0.2) is 18.2 Å². The van der Waals surface area contributed by atoms with E-state index in [0.717, 1.165) is 23.5 Å². The smallest absolute Gasteiger partial charge is 0.416 e. The second-order valence-corrected chi connectivity index (χ2v) is 8.74. The second kappa shape index (κ2) is 9.30. The molecular formula is C22H26F3N3O4S. The number of esters is 1. The standard InChI is InChI=1S/C22H26F3N3O4S/c1-5-21(26)11-15(18-27-12(4)17(33-18)19(29)31-6-2)14-10-13(22(23,24)25)8-9-16(14)28(21)20(30)32-7-3/h8-10,15H,5-7,11,26H2,1-4H3/t15-,21+/m0/s1. The SMILES string of the molecule is CCOC(=O)c1sc([C@H]2C[C@@](N)(CC)N(C(=O)OCC)c3ccc(C(F)(F)F)cc32)nc1C. The number of thiazole rings is 1. The molecule has 0 saturated heterocycles. The molecule has 1 aliphatic heterocycles. The molecule has 0 unspecified atom stereocenters. The predicted molar refractivity (Wildman–Crippen MR) is 117 cm³/mol. The molecule has 180 valence electrons. The summed E-state index contributed by atoms with van der Waals surface area (Å²) in [6.07, 6.45) is -4.89. The molecular weight excluding hydrogens is 459 g/mol. The molecule has 2 heterocycles. The number of benzene rings is 1. The first-order chi connectivity index (χ1) is 15.5. The van der Waals surface area contributed by atoms with Crippen LogP contribution in [-0.2, 0) is 15.7 Å². The van der Waals surface area contributed by atoms with Crippen LogP contribution in [0.2, 0.25) is 0 Å². The highest BCUT2D eigenvalue weighted by Crippen LogP contribution is 2.49. The summed E-state index contributed by atoms with van der Waals surface area (Å²) >= 11 is 1.06. The van der Waals surface area contributed by atoms with Crippen molar-refractivity contribution < 1.29 is 32.2 Å². The first-order valence-electron chi connectivity index (χ1n) is 10.6. The van der Waals surface area contributed by atoms with Crippen molar-refractivity contribution in [3.05, 3.63) is 44.9 Å². The van der Waals surface area contributed by atoms with E-state index in [2.05, 4.69) is 4.98 Å². The number of carbonyl (C=O) groups is 2. The Hall–Kier alpha value is -2.66. The minimum atomic E-state index is -4.58. The molecule has 2 N–H and O–H groups in total. The number of ether oxygens (including phenoxy) is 2. The molecule has 1 aromatic heterocycles. The zero-order chi connectivity index (χ0) is 24.6. The Morgan fingerprint density at radius 1 is 1.24 bits per heavy atom. The van der Waals surface area contributed by atoms with Crippen LogP contribution in [0.5, 0.6) is 0 Å². The van der Waals surface area contributed by atoms with Crippen LogP contribution in [0.1, 0.15) is 71.0 Å². The minimum Gasteiger partial charge on any atom is -0.462 e. The zero-order valence-electron chi connectivity index (χ0n) is 18.8. The van der Waals surface area contributed by atoms with E-state index >= 15 is 0 Å². The average molecular weight is 486 g/mol. The number of aromatic nitrogens is 1. The number of fused-ring (bicyclic) bond motifs is 1. The molecule has 2 aromatic rings. The van der Waals surface area contributed by atoms with E-state index < -0.39 is 35.4 Å². The lowest BCUT2D eigenvalue weighted by Crippen LogP contribution is -2.61. The van der Waals surface area contributed by atoms with Gasteiger partial charge in [-0.15, -0.1) is 11.3 Å². The Morgan fingerprint density at radius 2 is 1.91 bits per heavy atom. The van der Waals surface area contributed by atoms with Gasteiger partial charge >= 0.3 is 18.2 Å². The van der Waals surface area contributed by atoms with Gasteiger partial charge in [-0.2, -0.15) is 13.2 Å². The van der Waals surface area contributed by atoms with Crippen LogP contribution in [0.25, 0.3) is 0 Å². The van der Waals surface area contributed by atoms with Gasteiger partial charge in [-0.25, -0.2) is 14.6 Å². The third-order valence-electron chi connectivity index (χ3n) is 5.61. The Kier molecular flexibility index (Phi) is 7.04. The van der Waals surface area contributed by atoms with Gasteiger partial charge in [-0.3, -0.25) is 4.90 Å². The van der Waals surface area contributed by atoms with Crippen molar-refractivity contribution in [2.45, 2.75) is 58.3 Å². The van der Waals surface area contributed by atoms with Gasteiger partial charge < -0.3 is 15.2 Å².